The van der Waals surface area contributed by atoms with Crippen LogP contribution >= 0.6 is 0 Å². The molecule has 1 aliphatic heterocycles. The second-order valence-electron chi connectivity index (χ2n) is 5.10. The van der Waals surface area contributed by atoms with Gasteiger partial charge in [-0.3, -0.25) is 0 Å². The number of nitrogens with one attached hydrogen (secondary N) is 1. The Balaban J connectivity index is 1.85. The summed E-state index contributed by atoms with van der Waals surface area (Å²) >= 11 is 0. The molecule has 0 aromatic carbocycles. The molecule has 0 amide bonds. The minimum absolute atomic E-state index is 0.0458. The van der Waals surface area contributed by atoms with Crippen molar-refractivity contribution < 1.29 is 26.3 Å². The molecule has 23 heavy (non-hydrogen) atoms. The second-order valence-corrected chi connectivity index (χ2v) is 7.03. The fourth-order valence-corrected chi connectivity index (χ4v) is 3.26. The highest BCUT2D eigenvalue weighted by Crippen LogP contribution is 2.30. The van der Waals surface area contributed by atoms with Gasteiger partial charge in [0.05, 0.1) is 7.11 Å². The van der Waals surface area contributed by atoms with E-state index in [1.54, 1.807) is 6.07 Å². The average Bonchev–Trinajstić information content (AvgIpc) is 2.52. The Labute approximate surface area is 131 Å². The van der Waals surface area contributed by atoms with E-state index in [0.29, 0.717) is 35.5 Å². The fraction of sp³-hybridized carbons (Fsp3) is 0.667. The predicted molar refractivity (Wildman–Crippen MR) is 76.3 cm³/mol. The zero-order valence-electron chi connectivity index (χ0n) is 12.4. The zero-order valence-corrected chi connectivity index (χ0v) is 13.2. The van der Waals surface area contributed by atoms with Crippen molar-refractivity contribution in [3.63, 3.8) is 0 Å². The third-order valence-electron chi connectivity index (χ3n) is 3.59. The highest BCUT2D eigenvalue weighted by molar-refractivity contribution is 7.90. The normalized spacial score (nSPS) is 17.9. The summed E-state index contributed by atoms with van der Waals surface area (Å²) in [6.07, 6.45) is 2.20. The SMILES string of the molecule is COc1ccnc(NCC2CCN(S(=O)(=O)C(F)(F)F)CC2)n1. The third kappa shape index (κ3) is 4.22. The second kappa shape index (κ2) is 6.87. The molecular formula is C12H17F3N4O3S. The van der Waals surface area contributed by atoms with Crippen molar-refractivity contribution in [3.8, 4) is 5.88 Å². The van der Waals surface area contributed by atoms with Crippen LogP contribution in [-0.4, -0.2) is 54.9 Å². The van der Waals surface area contributed by atoms with E-state index >= 15 is 0 Å². The van der Waals surface area contributed by atoms with Gasteiger partial charge in [0.1, 0.15) is 0 Å². The highest BCUT2D eigenvalue weighted by atomic mass is 32.2. The van der Waals surface area contributed by atoms with Gasteiger partial charge in [-0.25, -0.2) is 13.4 Å². The van der Waals surface area contributed by atoms with Crippen LogP contribution in [0.25, 0.3) is 0 Å². The van der Waals surface area contributed by atoms with E-state index in [9.17, 15) is 21.6 Å². The van der Waals surface area contributed by atoms with E-state index in [1.165, 1.54) is 13.3 Å². The lowest BCUT2D eigenvalue weighted by atomic mass is 9.98. The number of alkyl halides is 3. The van der Waals surface area contributed by atoms with Crippen LogP contribution in [-0.2, 0) is 10.0 Å². The highest BCUT2D eigenvalue weighted by Gasteiger charge is 2.50. The largest absolute Gasteiger partial charge is 0.511 e. The molecule has 1 aliphatic rings. The smallest absolute Gasteiger partial charge is 0.481 e. The first-order valence-electron chi connectivity index (χ1n) is 6.91. The molecule has 1 N–H and O–H groups in total. The van der Waals surface area contributed by atoms with Crippen LogP contribution < -0.4 is 10.1 Å². The number of hydrogen-bond donors (Lipinski definition) is 1. The molecule has 1 saturated heterocycles. The lowest BCUT2D eigenvalue weighted by Gasteiger charge is -2.31. The van der Waals surface area contributed by atoms with Gasteiger partial charge in [0.2, 0.25) is 11.8 Å². The molecule has 1 aromatic heterocycles. The molecule has 1 aromatic rings. The molecule has 0 atom stereocenters. The number of ether oxygens (including phenoxy) is 1. The van der Waals surface area contributed by atoms with E-state index in [2.05, 4.69) is 15.3 Å². The Morgan fingerprint density at radius 3 is 2.61 bits per heavy atom. The van der Waals surface area contributed by atoms with E-state index in [1.807, 2.05) is 0 Å². The first-order chi connectivity index (χ1) is 10.7. The minimum Gasteiger partial charge on any atom is -0.481 e. The summed E-state index contributed by atoms with van der Waals surface area (Å²) < 4.78 is 65.5. The molecule has 130 valence electrons. The van der Waals surface area contributed by atoms with Gasteiger partial charge in [0.25, 0.3) is 0 Å². The molecule has 0 saturated carbocycles. The molecule has 1 fully saturated rings. The van der Waals surface area contributed by atoms with Crippen LogP contribution in [0.5, 0.6) is 5.88 Å². The first-order valence-corrected chi connectivity index (χ1v) is 8.35. The zero-order chi connectivity index (χ0) is 17.1. The number of anilines is 1. The Hall–Kier alpha value is -1.62. The quantitative estimate of drug-likeness (QED) is 0.862. The van der Waals surface area contributed by atoms with Gasteiger partial charge in [-0.05, 0) is 18.8 Å². The molecule has 0 unspecified atom stereocenters. The molecule has 0 aliphatic carbocycles. The number of nitrogens with zero attached hydrogens (tertiary/aromatic N) is 3. The van der Waals surface area contributed by atoms with Gasteiger partial charge in [-0.1, -0.05) is 0 Å². The summed E-state index contributed by atoms with van der Waals surface area (Å²) in [6.45, 7) is 0.160. The Morgan fingerprint density at radius 2 is 2.04 bits per heavy atom. The van der Waals surface area contributed by atoms with Gasteiger partial charge >= 0.3 is 15.5 Å². The molecular weight excluding hydrogens is 337 g/mol. The van der Waals surface area contributed by atoms with Gasteiger partial charge in [0, 0.05) is 31.9 Å². The summed E-state index contributed by atoms with van der Waals surface area (Å²) in [5.74, 6) is 0.799. The number of piperidine rings is 1. The van der Waals surface area contributed by atoms with Gasteiger partial charge in [0.15, 0.2) is 0 Å². The maximum absolute atomic E-state index is 12.5. The minimum atomic E-state index is -5.24. The summed E-state index contributed by atoms with van der Waals surface area (Å²) in [4.78, 5) is 8.06. The van der Waals surface area contributed by atoms with Crippen LogP contribution in [0, 0.1) is 5.92 Å². The maximum Gasteiger partial charge on any atom is 0.511 e. The maximum atomic E-state index is 12.5. The van der Waals surface area contributed by atoms with Crippen molar-refractivity contribution in [2.75, 3.05) is 32.1 Å². The van der Waals surface area contributed by atoms with E-state index in [4.69, 9.17) is 4.74 Å². The summed E-state index contributed by atoms with van der Waals surface area (Å²) in [7, 11) is -3.75. The van der Waals surface area contributed by atoms with Crippen molar-refractivity contribution >= 4 is 16.0 Å². The molecule has 2 heterocycles. The van der Waals surface area contributed by atoms with Gasteiger partial charge in [-0.15, -0.1) is 0 Å². The molecule has 0 bridgehead atoms. The first kappa shape index (κ1) is 17.7. The Kier molecular flexibility index (Phi) is 5.30. The topological polar surface area (TPSA) is 84.4 Å². The average molecular weight is 354 g/mol. The van der Waals surface area contributed by atoms with Crippen molar-refractivity contribution in [2.24, 2.45) is 5.92 Å². The molecule has 7 nitrogen and oxygen atoms in total. The van der Waals surface area contributed by atoms with Crippen LogP contribution in [0.3, 0.4) is 0 Å². The Bertz CT molecular complexity index is 631. The molecule has 0 spiro atoms. The number of rotatable bonds is 5. The van der Waals surface area contributed by atoms with Crippen molar-refractivity contribution in [1.82, 2.24) is 14.3 Å². The predicted octanol–water partition coefficient (Wildman–Crippen LogP) is 1.46. The van der Waals surface area contributed by atoms with Gasteiger partial charge in [-0.2, -0.15) is 22.5 Å². The fourth-order valence-electron chi connectivity index (χ4n) is 2.28. The number of methoxy groups -OCH3 is 1. The van der Waals surface area contributed by atoms with Crippen molar-refractivity contribution in [2.45, 2.75) is 18.3 Å². The van der Waals surface area contributed by atoms with Crippen LogP contribution in [0.1, 0.15) is 12.8 Å². The van der Waals surface area contributed by atoms with E-state index < -0.39 is 15.5 Å². The molecule has 2 rings (SSSR count). The standard InChI is InChI=1S/C12H17F3N4O3S/c1-22-10-2-5-16-11(18-10)17-8-9-3-6-19(7-4-9)23(20,21)12(13,14)15/h2,5,9H,3-4,6-8H2,1H3,(H,16,17,18). The van der Waals surface area contributed by atoms with E-state index in [-0.39, 0.29) is 19.0 Å². The number of halogens is 3. The molecule has 11 heteroatoms. The third-order valence-corrected chi connectivity index (χ3v) is 5.22. The Morgan fingerprint density at radius 1 is 1.39 bits per heavy atom. The molecule has 0 radical (unpaired) electrons. The van der Waals surface area contributed by atoms with Crippen LogP contribution in [0.2, 0.25) is 0 Å². The van der Waals surface area contributed by atoms with E-state index in [0.717, 1.165) is 0 Å². The van der Waals surface area contributed by atoms with Gasteiger partial charge < -0.3 is 10.1 Å². The number of aromatic nitrogens is 2. The van der Waals surface area contributed by atoms with Crippen LogP contribution in [0.4, 0.5) is 19.1 Å². The summed E-state index contributed by atoms with van der Waals surface area (Å²) in [5, 5.41) is 2.98. The summed E-state index contributed by atoms with van der Waals surface area (Å²) in [5.41, 5.74) is -5.24. The lowest BCUT2D eigenvalue weighted by molar-refractivity contribution is -0.0496. The summed E-state index contributed by atoms with van der Waals surface area (Å²) in [6, 6.07) is 1.59. The monoisotopic (exact) mass is 354 g/mol. The lowest BCUT2D eigenvalue weighted by Crippen LogP contribution is -2.45. The van der Waals surface area contributed by atoms with Crippen molar-refractivity contribution in [3.05, 3.63) is 12.3 Å². The van der Waals surface area contributed by atoms with Crippen LogP contribution in [0.15, 0.2) is 12.3 Å². The number of sulfonamides is 1. The van der Waals surface area contributed by atoms with Crippen molar-refractivity contribution in [1.29, 1.82) is 0 Å². The number of hydrogen-bond acceptors (Lipinski definition) is 6.